The molecule has 0 radical (unpaired) electrons. The molecule has 1 amide bonds. The Balaban J connectivity index is 1.63. The minimum Gasteiger partial charge on any atom is -0.396 e. The standard InChI is InChI=1S/C16H21NO2S/c18-11-16(7-3-4-8-16)10-17-15(19)13-9-20-14-6-2-1-5-12(13)14/h1-2,5-6,13,18H,3-4,7-11H2,(H,17,19). The topological polar surface area (TPSA) is 49.3 Å². The van der Waals surface area contributed by atoms with Gasteiger partial charge >= 0.3 is 0 Å². The lowest BCUT2D eigenvalue weighted by Gasteiger charge is -2.27. The fraction of sp³-hybridized carbons (Fsp3) is 0.562. The van der Waals surface area contributed by atoms with Crippen molar-refractivity contribution in [3.63, 3.8) is 0 Å². The van der Waals surface area contributed by atoms with E-state index in [4.69, 9.17) is 0 Å². The number of nitrogens with one attached hydrogen (secondary N) is 1. The number of hydrogen-bond acceptors (Lipinski definition) is 3. The van der Waals surface area contributed by atoms with Crippen molar-refractivity contribution in [2.45, 2.75) is 36.5 Å². The van der Waals surface area contributed by atoms with E-state index in [2.05, 4.69) is 17.4 Å². The lowest BCUT2D eigenvalue weighted by Crippen LogP contribution is -2.40. The third-order valence-corrected chi connectivity index (χ3v) is 5.84. The van der Waals surface area contributed by atoms with Crippen molar-refractivity contribution < 1.29 is 9.90 Å². The van der Waals surface area contributed by atoms with Gasteiger partial charge in [0, 0.05) is 22.6 Å². The van der Waals surface area contributed by atoms with Gasteiger partial charge in [-0.1, -0.05) is 31.0 Å². The highest BCUT2D eigenvalue weighted by atomic mass is 32.2. The number of rotatable bonds is 4. The average molecular weight is 291 g/mol. The number of aliphatic hydroxyl groups is 1. The molecule has 1 aromatic carbocycles. The Morgan fingerprint density at radius 2 is 2.10 bits per heavy atom. The quantitative estimate of drug-likeness (QED) is 0.896. The van der Waals surface area contributed by atoms with E-state index in [0.29, 0.717) is 6.54 Å². The molecular formula is C16H21NO2S. The third kappa shape index (κ3) is 2.59. The van der Waals surface area contributed by atoms with Gasteiger partial charge in [0.05, 0.1) is 12.5 Å². The van der Waals surface area contributed by atoms with Crippen LogP contribution in [0.4, 0.5) is 0 Å². The number of thioether (sulfide) groups is 1. The maximum Gasteiger partial charge on any atom is 0.228 e. The zero-order valence-electron chi connectivity index (χ0n) is 11.6. The number of carbonyl (C=O) groups is 1. The first kappa shape index (κ1) is 14.0. The van der Waals surface area contributed by atoms with Crippen LogP contribution in [-0.2, 0) is 4.79 Å². The molecular weight excluding hydrogens is 270 g/mol. The van der Waals surface area contributed by atoms with Crippen LogP contribution in [0.25, 0.3) is 0 Å². The highest BCUT2D eigenvalue weighted by Gasteiger charge is 2.35. The van der Waals surface area contributed by atoms with Crippen LogP contribution in [-0.4, -0.2) is 29.9 Å². The van der Waals surface area contributed by atoms with Gasteiger partial charge < -0.3 is 10.4 Å². The molecule has 20 heavy (non-hydrogen) atoms. The maximum atomic E-state index is 12.4. The Kier molecular flexibility index (Phi) is 4.03. The molecule has 108 valence electrons. The van der Waals surface area contributed by atoms with Gasteiger partial charge in [-0.25, -0.2) is 0 Å². The predicted octanol–water partition coefficient (Wildman–Crippen LogP) is 2.54. The van der Waals surface area contributed by atoms with E-state index < -0.39 is 0 Å². The van der Waals surface area contributed by atoms with Gasteiger partial charge in [0.1, 0.15) is 0 Å². The Labute approximate surface area is 124 Å². The van der Waals surface area contributed by atoms with Crippen molar-refractivity contribution in [2.75, 3.05) is 18.9 Å². The van der Waals surface area contributed by atoms with Crippen molar-refractivity contribution in [1.29, 1.82) is 0 Å². The summed E-state index contributed by atoms with van der Waals surface area (Å²) in [4.78, 5) is 13.6. The average Bonchev–Trinajstić information content (AvgIpc) is 3.12. The SMILES string of the molecule is O=C(NCC1(CO)CCCC1)C1CSc2ccccc21. The van der Waals surface area contributed by atoms with Crippen molar-refractivity contribution in [1.82, 2.24) is 5.32 Å². The Morgan fingerprint density at radius 1 is 1.35 bits per heavy atom. The second kappa shape index (κ2) is 5.78. The molecule has 0 saturated heterocycles. The molecule has 1 aliphatic heterocycles. The van der Waals surface area contributed by atoms with Crippen molar-refractivity contribution in [3.05, 3.63) is 29.8 Å². The highest BCUT2D eigenvalue weighted by molar-refractivity contribution is 7.99. The first-order chi connectivity index (χ1) is 9.74. The summed E-state index contributed by atoms with van der Waals surface area (Å²) in [6, 6.07) is 8.15. The van der Waals surface area contributed by atoms with E-state index in [1.807, 2.05) is 12.1 Å². The van der Waals surface area contributed by atoms with Crippen LogP contribution in [0.3, 0.4) is 0 Å². The molecule has 1 aromatic rings. The lowest BCUT2D eigenvalue weighted by molar-refractivity contribution is -0.122. The van der Waals surface area contributed by atoms with E-state index in [1.54, 1.807) is 11.8 Å². The monoisotopic (exact) mass is 291 g/mol. The molecule has 2 N–H and O–H groups in total. The summed E-state index contributed by atoms with van der Waals surface area (Å²) in [5, 5.41) is 12.7. The summed E-state index contributed by atoms with van der Waals surface area (Å²) in [5.41, 5.74) is 1.08. The number of carbonyl (C=O) groups excluding carboxylic acids is 1. The predicted molar refractivity (Wildman–Crippen MR) is 80.9 cm³/mol. The molecule has 0 spiro atoms. The summed E-state index contributed by atoms with van der Waals surface area (Å²) >= 11 is 1.76. The zero-order valence-corrected chi connectivity index (χ0v) is 12.4. The molecule has 0 bridgehead atoms. The second-order valence-electron chi connectivity index (χ2n) is 5.98. The first-order valence-electron chi connectivity index (χ1n) is 7.34. The zero-order chi connectivity index (χ0) is 14.0. The van der Waals surface area contributed by atoms with Gasteiger partial charge in [0.2, 0.25) is 5.91 Å². The summed E-state index contributed by atoms with van der Waals surface area (Å²) in [6.07, 6.45) is 4.39. The molecule has 1 aliphatic carbocycles. The van der Waals surface area contributed by atoms with E-state index >= 15 is 0 Å². The summed E-state index contributed by atoms with van der Waals surface area (Å²) in [7, 11) is 0. The van der Waals surface area contributed by atoms with Gasteiger partial charge in [-0.15, -0.1) is 11.8 Å². The number of benzene rings is 1. The molecule has 1 saturated carbocycles. The molecule has 3 nitrogen and oxygen atoms in total. The number of aliphatic hydroxyl groups excluding tert-OH is 1. The Hall–Kier alpha value is -1.00. The van der Waals surface area contributed by atoms with Gasteiger partial charge in [-0.05, 0) is 24.5 Å². The van der Waals surface area contributed by atoms with E-state index in [9.17, 15) is 9.90 Å². The normalized spacial score (nSPS) is 23.6. The van der Waals surface area contributed by atoms with Gasteiger partial charge in [0.25, 0.3) is 0 Å². The number of fused-ring (bicyclic) bond motifs is 1. The number of hydrogen-bond donors (Lipinski definition) is 2. The minimum atomic E-state index is -0.0685. The van der Waals surface area contributed by atoms with Crippen molar-refractivity contribution >= 4 is 17.7 Å². The molecule has 0 aromatic heterocycles. The maximum absolute atomic E-state index is 12.4. The van der Waals surface area contributed by atoms with Crippen molar-refractivity contribution in [2.24, 2.45) is 5.41 Å². The van der Waals surface area contributed by atoms with E-state index in [-0.39, 0.29) is 23.8 Å². The molecule has 1 heterocycles. The van der Waals surface area contributed by atoms with Crippen LogP contribution in [0.1, 0.15) is 37.2 Å². The fourth-order valence-corrected chi connectivity index (χ4v) is 4.52. The second-order valence-corrected chi connectivity index (χ2v) is 7.05. The summed E-state index contributed by atoms with van der Waals surface area (Å²) < 4.78 is 0. The van der Waals surface area contributed by atoms with Crippen LogP contribution in [0, 0.1) is 5.41 Å². The minimum absolute atomic E-state index is 0.0339. The summed E-state index contributed by atoms with van der Waals surface area (Å²) in [5.74, 6) is 0.910. The van der Waals surface area contributed by atoms with Crippen molar-refractivity contribution in [3.8, 4) is 0 Å². The van der Waals surface area contributed by atoms with Crippen LogP contribution >= 0.6 is 11.8 Å². The molecule has 2 aliphatic rings. The van der Waals surface area contributed by atoms with Crippen LogP contribution in [0.15, 0.2) is 29.2 Å². The van der Waals surface area contributed by atoms with Gasteiger partial charge in [-0.3, -0.25) is 4.79 Å². The largest absolute Gasteiger partial charge is 0.396 e. The molecule has 3 rings (SSSR count). The molecule has 1 fully saturated rings. The number of amides is 1. The Morgan fingerprint density at radius 3 is 2.85 bits per heavy atom. The van der Waals surface area contributed by atoms with E-state index in [0.717, 1.165) is 24.2 Å². The Bertz CT molecular complexity index is 497. The summed E-state index contributed by atoms with van der Waals surface area (Å²) in [6.45, 7) is 0.801. The molecule has 1 unspecified atom stereocenters. The van der Waals surface area contributed by atoms with Crippen LogP contribution in [0.2, 0.25) is 0 Å². The molecule has 1 atom stereocenters. The van der Waals surface area contributed by atoms with E-state index in [1.165, 1.54) is 17.7 Å². The van der Waals surface area contributed by atoms with Crippen LogP contribution < -0.4 is 5.32 Å². The fourth-order valence-electron chi connectivity index (χ4n) is 3.29. The van der Waals surface area contributed by atoms with Gasteiger partial charge in [-0.2, -0.15) is 0 Å². The first-order valence-corrected chi connectivity index (χ1v) is 8.33. The lowest BCUT2D eigenvalue weighted by atomic mass is 9.87. The third-order valence-electron chi connectivity index (χ3n) is 4.65. The highest BCUT2D eigenvalue weighted by Crippen LogP contribution is 2.40. The van der Waals surface area contributed by atoms with Crippen LogP contribution in [0.5, 0.6) is 0 Å². The molecule has 4 heteroatoms. The smallest absolute Gasteiger partial charge is 0.228 e. The van der Waals surface area contributed by atoms with Gasteiger partial charge in [0.15, 0.2) is 0 Å².